The molecule has 1 aliphatic heterocycles. The molecule has 2 atom stereocenters. The van der Waals surface area contributed by atoms with Crippen LogP contribution in [0.5, 0.6) is 0 Å². The third-order valence-electron chi connectivity index (χ3n) is 3.58. The molecule has 1 heterocycles. The highest BCUT2D eigenvalue weighted by Crippen LogP contribution is 2.13. The van der Waals surface area contributed by atoms with Crippen molar-refractivity contribution in [3.8, 4) is 0 Å². The summed E-state index contributed by atoms with van der Waals surface area (Å²) < 4.78 is 0. The molecule has 0 spiro atoms. The van der Waals surface area contributed by atoms with E-state index in [0.717, 1.165) is 18.7 Å². The van der Waals surface area contributed by atoms with E-state index >= 15 is 0 Å². The van der Waals surface area contributed by atoms with Crippen LogP contribution in [0.15, 0.2) is 24.3 Å². The average molecular weight is 364 g/mol. The third-order valence-corrected chi connectivity index (χ3v) is 3.58. The minimum absolute atomic E-state index is 0. The van der Waals surface area contributed by atoms with Crippen LogP contribution in [0.2, 0.25) is 0 Å². The monoisotopic (exact) mass is 363 g/mol. The second-order valence-electron chi connectivity index (χ2n) is 5.80. The Bertz CT molecular complexity index is 515. The Balaban J connectivity index is 0.00000242. The van der Waals surface area contributed by atoms with E-state index in [9.17, 15) is 14.9 Å². The number of ketones is 1. The highest BCUT2D eigenvalue weighted by Gasteiger charge is 2.22. The van der Waals surface area contributed by atoms with Gasteiger partial charge in [-0.3, -0.25) is 19.8 Å². The molecule has 0 radical (unpaired) electrons. The average Bonchev–Trinajstić information content (AvgIpc) is 2.37. The van der Waals surface area contributed by atoms with Crippen molar-refractivity contribution in [1.29, 1.82) is 0 Å². The van der Waals surface area contributed by atoms with Crippen LogP contribution in [0, 0.1) is 10.1 Å². The van der Waals surface area contributed by atoms with Gasteiger partial charge in [-0.2, -0.15) is 0 Å². The topological polar surface area (TPSA) is 75.5 Å². The van der Waals surface area contributed by atoms with Crippen molar-refractivity contribution in [3.63, 3.8) is 0 Å². The second kappa shape index (κ2) is 9.82. The van der Waals surface area contributed by atoms with Crippen LogP contribution in [0.3, 0.4) is 0 Å². The summed E-state index contributed by atoms with van der Waals surface area (Å²) in [6.45, 7) is 6.41. The summed E-state index contributed by atoms with van der Waals surface area (Å²) >= 11 is 0. The lowest BCUT2D eigenvalue weighted by molar-refractivity contribution is -0.384. The number of Topliss-reactive ketones (excluding diaryl/α,β-unsaturated/α-hetero) is 1. The summed E-state index contributed by atoms with van der Waals surface area (Å²) in [6, 6.07) is 6.97. The van der Waals surface area contributed by atoms with Crippen LogP contribution < -0.4 is 5.32 Å². The maximum Gasteiger partial charge on any atom is 0.269 e. The lowest BCUT2D eigenvalue weighted by Crippen LogP contribution is -2.55. The molecule has 0 aliphatic carbocycles. The highest BCUT2D eigenvalue weighted by atomic mass is 35.5. The van der Waals surface area contributed by atoms with Crippen LogP contribution in [-0.4, -0.2) is 47.3 Å². The van der Waals surface area contributed by atoms with Crippen molar-refractivity contribution >= 4 is 36.3 Å². The standard InChI is InChI=1S/C15H21N3O3.2ClH/c1-11-8-17(9-12(2)16-11)10-15(19)7-13-3-5-14(6-4-13)18(20)21;;/h3-6,11-12,16H,7-10H2,1-2H3;2*1H. The number of carbonyl (C=O) groups is 1. The Hall–Kier alpha value is -1.21. The number of non-ortho nitro benzene ring substituents is 1. The van der Waals surface area contributed by atoms with Gasteiger partial charge in [0.25, 0.3) is 5.69 Å². The molecule has 130 valence electrons. The fourth-order valence-electron chi connectivity index (χ4n) is 2.84. The zero-order valence-electron chi connectivity index (χ0n) is 13.2. The summed E-state index contributed by atoms with van der Waals surface area (Å²) in [5.74, 6) is 0.144. The summed E-state index contributed by atoms with van der Waals surface area (Å²) in [6.07, 6.45) is 0.324. The first kappa shape index (κ1) is 21.8. The minimum Gasteiger partial charge on any atom is -0.309 e. The Kier molecular flexibility index (Phi) is 9.31. The van der Waals surface area contributed by atoms with Crippen LogP contribution in [0.1, 0.15) is 19.4 Å². The van der Waals surface area contributed by atoms with E-state index in [-0.39, 0.29) is 36.3 Å². The van der Waals surface area contributed by atoms with Gasteiger partial charge < -0.3 is 5.32 Å². The number of piperazine rings is 1. The number of carbonyl (C=O) groups excluding carboxylic acids is 1. The minimum atomic E-state index is -0.435. The zero-order chi connectivity index (χ0) is 15.4. The fourth-order valence-corrected chi connectivity index (χ4v) is 2.84. The van der Waals surface area contributed by atoms with E-state index in [1.54, 1.807) is 12.1 Å². The van der Waals surface area contributed by atoms with Gasteiger partial charge in [-0.05, 0) is 19.4 Å². The number of halogens is 2. The van der Waals surface area contributed by atoms with E-state index in [1.165, 1.54) is 12.1 Å². The molecule has 0 saturated carbocycles. The van der Waals surface area contributed by atoms with E-state index in [2.05, 4.69) is 24.1 Å². The Labute approximate surface area is 148 Å². The number of hydrogen-bond acceptors (Lipinski definition) is 5. The molecule has 1 aromatic carbocycles. The molecular weight excluding hydrogens is 341 g/mol. The number of nitro benzene ring substituents is 1. The van der Waals surface area contributed by atoms with E-state index < -0.39 is 4.92 Å². The first-order valence-corrected chi connectivity index (χ1v) is 7.17. The van der Waals surface area contributed by atoms with Gasteiger partial charge in [0.2, 0.25) is 0 Å². The number of nitrogens with one attached hydrogen (secondary N) is 1. The van der Waals surface area contributed by atoms with E-state index in [1.807, 2.05) is 0 Å². The van der Waals surface area contributed by atoms with Crippen LogP contribution in [0.25, 0.3) is 0 Å². The van der Waals surface area contributed by atoms with Gasteiger partial charge in [0.15, 0.2) is 5.78 Å². The lowest BCUT2D eigenvalue weighted by atomic mass is 10.1. The molecular formula is C15H23Cl2N3O3. The molecule has 1 aromatic rings. The fraction of sp³-hybridized carbons (Fsp3) is 0.533. The predicted octanol–water partition coefficient (Wildman–Crippen LogP) is 2.23. The number of nitrogens with zero attached hydrogens (tertiary/aromatic N) is 2. The highest BCUT2D eigenvalue weighted by molar-refractivity contribution is 5.85. The molecule has 0 bridgehead atoms. The normalized spacial score (nSPS) is 21.0. The first-order valence-electron chi connectivity index (χ1n) is 7.17. The van der Waals surface area contributed by atoms with Gasteiger partial charge in [0.05, 0.1) is 11.5 Å². The molecule has 6 nitrogen and oxygen atoms in total. The van der Waals surface area contributed by atoms with Crippen LogP contribution in [0.4, 0.5) is 5.69 Å². The zero-order valence-corrected chi connectivity index (χ0v) is 14.9. The molecule has 1 aliphatic rings. The number of benzene rings is 1. The van der Waals surface area contributed by atoms with Crippen molar-refractivity contribution in [3.05, 3.63) is 39.9 Å². The van der Waals surface area contributed by atoms with E-state index in [4.69, 9.17) is 0 Å². The second-order valence-corrected chi connectivity index (χ2v) is 5.80. The molecule has 1 N–H and O–H groups in total. The largest absolute Gasteiger partial charge is 0.309 e. The first-order chi connectivity index (χ1) is 9.94. The molecule has 1 fully saturated rings. The van der Waals surface area contributed by atoms with Crippen molar-refractivity contribution in [1.82, 2.24) is 10.2 Å². The Morgan fingerprint density at radius 1 is 1.22 bits per heavy atom. The van der Waals surface area contributed by atoms with Gasteiger partial charge in [0.1, 0.15) is 0 Å². The number of hydrogen-bond donors (Lipinski definition) is 1. The molecule has 1 saturated heterocycles. The third kappa shape index (κ3) is 6.83. The maximum atomic E-state index is 12.1. The number of nitro groups is 1. The van der Waals surface area contributed by atoms with Gasteiger partial charge in [-0.1, -0.05) is 12.1 Å². The van der Waals surface area contributed by atoms with Crippen molar-refractivity contribution in [2.24, 2.45) is 0 Å². The SMILES string of the molecule is CC1CN(CC(=O)Cc2ccc([N+](=O)[O-])cc2)CC(C)N1.Cl.Cl. The van der Waals surface area contributed by atoms with Gasteiger partial charge in [0, 0.05) is 43.7 Å². The molecule has 23 heavy (non-hydrogen) atoms. The summed E-state index contributed by atoms with van der Waals surface area (Å²) in [7, 11) is 0. The lowest BCUT2D eigenvalue weighted by Gasteiger charge is -2.35. The molecule has 8 heteroatoms. The molecule has 2 unspecified atom stereocenters. The molecule has 2 rings (SSSR count). The molecule has 0 amide bonds. The van der Waals surface area contributed by atoms with Crippen molar-refractivity contribution < 1.29 is 9.72 Å². The predicted molar refractivity (Wildman–Crippen MR) is 94.8 cm³/mol. The Morgan fingerprint density at radius 3 is 2.22 bits per heavy atom. The van der Waals surface area contributed by atoms with E-state index in [0.29, 0.717) is 25.0 Å². The summed E-state index contributed by atoms with van der Waals surface area (Å²) in [5.41, 5.74) is 0.873. The maximum absolute atomic E-state index is 12.1. The van der Waals surface area contributed by atoms with Crippen LogP contribution in [-0.2, 0) is 11.2 Å². The van der Waals surface area contributed by atoms with Gasteiger partial charge in [-0.25, -0.2) is 0 Å². The summed E-state index contributed by atoms with van der Waals surface area (Å²) in [4.78, 5) is 24.4. The van der Waals surface area contributed by atoms with Crippen LogP contribution >= 0.6 is 24.8 Å². The quantitative estimate of drug-likeness (QED) is 0.641. The van der Waals surface area contributed by atoms with Gasteiger partial charge in [-0.15, -0.1) is 24.8 Å². The number of rotatable bonds is 5. The Morgan fingerprint density at radius 2 is 1.74 bits per heavy atom. The summed E-state index contributed by atoms with van der Waals surface area (Å²) in [5, 5.41) is 14.0. The van der Waals surface area contributed by atoms with Gasteiger partial charge >= 0.3 is 0 Å². The smallest absolute Gasteiger partial charge is 0.269 e. The van der Waals surface area contributed by atoms with Crippen molar-refractivity contribution in [2.75, 3.05) is 19.6 Å². The van der Waals surface area contributed by atoms with Crippen molar-refractivity contribution in [2.45, 2.75) is 32.4 Å². The molecule has 0 aromatic heterocycles.